The van der Waals surface area contributed by atoms with E-state index in [1.807, 2.05) is 6.92 Å². The number of nitrogens with one attached hydrogen (secondary N) is 1. The van der Waals surface area contributed by atoms with Crippen molar-refractivity contribution in [2.45, 2.75) is 38.5 Å². The lowest BCUT2D eigenvalue weighted by Gasteiger charge is -2.16. The predicted octanol–water partition coefficient (Wildman–Crippen LogP) is 2.65. The van der Waals surface area contributed by atoms with E-state index in [-0.39, 0.29) is 29.3 Å². The average Bonchev–Trinajstić information content (AvgIpc) is 2.85. The number of benzene rings is 1. The minimum Gasteiger partial charge on any atom is -0.356 e. The van der Waals surface area contributed by atoms with Crippen molar-refractivity contribution in [3.8, 4) is 0 Å². The highest BCUT2D eigenvalue weighted by Crippen LogP contribution is 2.23. The first-order valence-corrected chi connectivity index (χ1v) is 9.97. The summed E-state index contributed by atoms with van der Waals surface area (Å²) in [7, 11) is -2.82. The van der Waals surface area contributed by atoms with Crippen molar-refractivity contribution in [2.75, 3.05) is 18.1 Å². The molecule has 0 bridgehead atoms. The molecule has 1 aromatic carbocycles. The number of carbonyl (C=O) groups excluding carboxylic acids is 1. The molecule has 0 aliphatic carbocycles. The molecule has 2 atom stereocenters. The van der Waals surface area contributed by atoms with E-state index >= 15 is 0 Å². The molecule has 2 rings (SSSR count). The van der Waals surface area contributed by atoms with E-state index in [1.54, 1.807) is 12.1 Å². The molecule has 0 spiro atoms. The van der Waals surface area contributed by atoms with Gasteiger partial charge in [-0.2, -0.15) is 0 Å². The van der Waals surface area contributed by atoms with E-state index < -0.39 is 9.84 Å². The zero-order valence-corrected chi connectivity index (χ0v) is 14.2. The highest BCUT2D eigenvalue weighted by molar-refractivity contribution is 7.91. The van der Waals surface area contributed by atoms with Gasteiger partial charge in [-0.05, 0) is 49.3 Å². The zero-order valence-electron chi connectivity index (χ0n) is 13.4. The van der Waals surface area contributed by atoms with Crippen LogP contribution < -0.4 is 5.32 Å². The highest BCUT2D eigenvalue weighted by Gasteiger charge is 2.27. The zero-order chi connectivity index (χ0) is 16.9. The summed E-state index contributed by atoms with van der Waals surface area (Å²) < 4.78 is 35.8. The first kappa shape index (κ1) is 17.9. The van der Waals surface area contributed by atoms with E-state index in [9.17, 15) is 17.6 Å². The summed E-state index contributed by atoms with van der Waals surface area (Å²) in [6.45, 7) is 2.48. The molecule has 1 amide bonds. The molecule has 0 aromatic heterocycles. The molecule has 23 heavy (non-hydrogen) atoms. The van der Waals surface area contributed by atoms with Crippen molar-refractivity contribution in [3.05, 3.63) is 35.6 Å². The number of amides is 1. The van der Waals surface area contributed by atoms with Gasteiger partial charge in [0, 0.05) is 6.54 Å². The van der Waals surface area contributed by atoms with Gasteiger partial charge < -0.3 is 5.32 Å². The Bertz CT molecular complexity index is 628. The Morgan fingerprint density at radius 2 is 2.04 bits per heavy atom. The van der Waals surface area contributed by atoms with Crippen LogP contribution in [-0.4, -0.2) is 32.4 Å². The van der Waals surface area contributed by atoms with Gasteiger partial charge in [0.1, 0.15) is 5.82 Å². The third-order valence-corrected chi connectivity index (χ3v) is 6.25. The van der Waals surface area contributed by atoms with Crippen LogP contribution in [0.1, 0.15) is 44.1 Å². The van der Waals surface area contributed by atoms with Gasteiger partial charge in [-0.15, -0.1) is 0 Å². The summed E-state index contributed by atoms with van der Waals surface area (Å²) in [6, 6.07) is 6.02. The van der Waals surface area contributed by atoms with Gasteiger partial charge >= 0.3 is 0 Å². The number of carbonyl (C=O) groups is 1. The lowest BCUT2D eigenvalue weighted by molar-refractivity contribution is -0.122. The summed E-state index contributed by atoms with van der Waals surface area (Å²) in [4.78, 5) is 12.3. The molecule has 2 unspecified atom stereocenters. The maximum absolute atomic E-state index is 13.0. The molecule has 1 saturated heterocycles. The quantitative estimate of drug-likeness (QED) is 0.776. The topological polar surface area (TPSA) is 63.2 Å². The Kier molecular flexibility index (Phi) is 6.16. The number of halogens is 1. The second kappa shape index (κ2) is 7.90. The molecule has 128 valence electrons. The van der Waals surface area contributed by atoms with Crippen molar-refractivity contribution in [2.24, 2.45) is 5.92 Å². The van der Waals surface area contributed by atoms with Gasteiger partial charge in [0.2, 0.25) is 5.91 Å². The lowest BCUT2D eigenvalue weighted by atomic mass is 9.95. The lowest BCUT2D eigenvalue weighted by Crippen LogP contribution is -2.30. The first-order valence-electron chi connectivity index (χ1n) is 8.15. The number of rotatable bonds is 7. The van der Waals surface area contributed by atoms with E-state index in [0.717, 1.165) is 24.8 Å². The third kappa shape index (κ3) is 5.30. The molecular weight excluding hydrogens is 317 g/mol. The Hall–Kier alpha value is -1.43. The van der Waals surface area contributed by atoms with Crippen molar-refractivity contribution >= 4 is 15.7 Å². The molecule has 0 radical (unpaired) electrons. The van der Waals surface area contributed by atoms with Crippen LogP contribution in [0, 0.1) is 11.7 Å². The molecule has 1 fully saturated rings. The molecule has 1 aliphatic rings. The van der Waals surface area contributed by atoms with Gasteiger partial charge in [-0.1, -0.05) is 19.1 Å². The fourth-order valence-corrected chi connectivity index (χ4v) is 5.00. The molecule has 1 heterocycles. The van der Waals surface area contributed by atoms with Crippen molar-refractivity contribution in [1.82, 2.24) is 5.32 Å². The second-order valence-corrected chi connectivity index (χ2v) is 8.44. The SMILES string of the molecule is CCC(C(=O)NCCCC1CCS(=O)(=O)C1)c1ccc(F)cc1. The summed E-state index contributed by atoms with van der Waals surface area (Å²) in [5.74, 6) is 0.174. The molecule has 4 nitrogen and oxygen atoms in total. The summed E-state index contributed by atoms with van der Waals surface area (Å²) >= 11 is 0. The van der Waals surface area contributed by atoms with Gasteiger partial charge in [0.15, 0.2) is 9.84 Å². The first-order chi connectivity index (χ1) is 10.9. The minimum absolute atomic E-state index is 0.0573. The van der Waals surface area contributed by atoms with Crippen LogP contribution in [0.2, 0.25) is 0 Å². The average molecular weight is 341 g/mol. The van der Waals surface area contributed by atoms with Crippen LogP contribution in [0.3, 0.4) is 0 Å². The van der Waals surface area contributed by atoms with Gasteiger partial charge in [0.25, 0.3) is 0 Å². The highest BCUT2D eigenvalue weighted by atomic mass is 32.2. The maximum Gasteiger partial charge on any atom is 0.227 e. The van der Waals surface area contributed by atoms with E-state index in [4.69, 9.17) is 0 Å². The molecule has 6 heteroatoms. The van der Waals surface area contributed by atoms with Crippen LogP contribution in [0.4, 0.5) is 4.39 Å². The molecular formula is C17H24FNO3S. The summed E-state index contributed by atoms with van der Waals surface area (Å²) in [5, 5.41) is 2.91. The smallest absolute Gasteiger partial charge is 0.227 e. The molecule has 1 aromatic rings. The number of hydrogen-bond acceptors (Lipinski definition) is 3. The Balaban J connectivity index is 1.76. The van der Waals surface area contributed by atoms with Crippen LogP contribution >= 0.6 is 0 Å². The van der Waals surface area contributed by atoms with E-state index in [0.29, 0.717) is 18.7 Å². The fourth-order valence-electron chi connectivity index (χ4n) is 3.09. The second-order valence-electron chi connectivity index (χ2n) is 6.21. The third-order valence-electron chi connectivity index (χ3n) is 4.41. The Labute approximate surface area is 137 Å². The summed E-state index contributed by atoms with van der Waals surface area (Å²) in [5.41, 5.74) is 0.813. The maximum atomic E-state index is 13.0. The largest absolute Gasteiger partial charge is 0.356 e. The minimum atomic E-state index is -2.82. The van der Waals surface area contributed by atoms with E-state index in [2.05, 4.69) is 5.32 Å². The van der Waals surface area contributed by atoms with Crippen LogP contribution in [0.15, 0.2) is 24.3 Å². The molecule has 1 N–H and O–H groups in total. The van der Waals surface area contributed by atoms with Crippen LogP contribution in [0.25, 0.3) is 0 Å². The normalized spacial score (nSPS) is 21.0. The van der Waals surface area contributed by atoms with Crippen molar-refractivity contribution in [3.63, 3.8) is 0 Å². The number of hydrogen-bond donors (Lipinski definition) is 1. The molecule has 0 saturated carbocycles. The predicted molar refractivity (Wildman–Crippen MR) is 88.4 cm³/mol. The van der Waals surface area contributed by atoms with Gasteiger partial charge in [-0.25, -0.2) is 12.8 Å². The Morgan fingerprint density at radius 1 is 1.35 bits per heavy atom. The van der Waals surface area contributed by atoms with Gasteiger partial charge in [0.05, 0.1) is 17.4 Å². The van der Waals surface area contributed by atoms with E-state index in [1.165, 1.54) is 12.1 Å². The van der Waals surface area contributed by atoms with Crippen LogP contribution in [-0.2, 0) is 14.6 Å². The standard InChI is InChI=1S/C17H24FNO3S/c1-2-16(14-5-7-15(18)8-6-14)17(20)19-10-3-4-13-9-11-23(21,22)12-13/h5-8,13,16H,2-4,9-12H2,1H3,(H,19,20). The van der Waals surface area contributed by atoms with Crippen LogP contribution in [0.5, 0.6) is 0 Å². The fraction of sp³-hybridized carbons (Fsp3) is 0.588. The Morgan fingerprint density at radius 3 is 2.61 bits per heavy atom. The summed E-state index contributed by atoms with van der Waals surface area (Å²) in [6.07, 6.45) is 3.00. The van der Waals surface area contributed by atoms with Crippen molar-refractivity contribution < 1.29 is 17.6 Å². The molecule has 1 aliphatic heterocycles. The van der Waals surface area contributed by atoms with Crippen molar-refractivity contribution in [1.29, 1.82) is 0 Å². The van der Waals surface area contributed by atoms with Gasteiger partial charge in [-0.3, -0.25) is 4.79 Å². The number of sulfone groups is 1. The monoisotopic (exact) mass is 341 g/mol.